The van der Waals surface area contributed by atoms with Crippen molar-refractivity contribution in [3.8, 4) is 0 Å². The molecule has 124 valence electrons. The van der Waals surface area contributed by atoms with Crippen LogP contribution >= 0.6 is 11.6 Å². The number of hydrogen-bond acceptors (Lipinski definition) is 5. The van der Waals surface area contributed by atoms with E-state index in [1.807, 2.05) is 20.0 Å². The molecule has 22 heavy (non-hydrogen) atoms. The van der Waals surface area contributed by atoms with Gasteiger partial charge in [-0.3, -0.25) is 0 Å². The molecule has 0 saturated heterocycles. The van der Waals surface area contributed by atoms with Gasteiger partial charge >= 0.3 is 0 Å². The first-order valence-electron chi connectivity index (χ1n) is 8.19. The van der Waals surface area contributed by atoms with E-state index < -0.39 is 0 Å². The van der Waals surface area contributed by atoms with Gasteiger partial charge in [-0.1, -0.05) is 13.8 Å². The van der Waals surface area contributed by atoms with Crippen LogP contribution in [-0.2, 0) is 15.9 Å². The molecule has 0 radical (unpaired) electrons. The predicted molar refractivity (Wildman–Crippen MR) is 88.4 cm³/mol. The van der Waals surface area contributed by atoms with Gasteiger partial charge in [-0.15, -0.1) is 0 Å². The monoisotopic (exact) mass is 327 g/mol. The second kappa shape index (κ2) is 8.09. The van der Waals surface area contributed by atoms with Gasteiger partial charge in [0, 0.05) is 37.4 Å². The number of anilines is 1. The summed E-state index contributed by atoms with van der Waals surface area (Å²) in [5.41, 5.74) is 1.12. The Morgan fingerprint density at radius 3 is 2.41 bits per heavy atom. The number of hydrogen-bond donors (Lipinski definition) is 0. The van der Waals surface area contributed by atoms with Crippen LogP contribution in [0.1, 0.15) is 46.1 Å². The molecule has 0 saturated carbocycles. The van der Waals surface area contributed by atoms with E-state index in [-0.39, 0.29) is 12.3 Å². The fourth-order valence-electron chi connectivity index (χ4n) is 3.18. The van der Waals surface area contributed by atoms with Crippen LogP contribution in [0, 0.1) is 0 Å². The Labute approximate surface area is 138 Å². The van der Waals surface area contributed by atoms with Crippen molar-refractivity contribution < 1.29 is 9.47 Å². The number of ether oxygens (including phenoxy) is 2. The summed E-state index contributed by atoms with van der Waals surface area (Å²) in [5.74, 6) is 0.933. The lowest BCUT2D eigenvalue weighted by atomic mass is 10.1. The van der Waals surface area contributed by atoms with Crippen LogP contribution in [0.5, 0.6) is 0 Å². The summed E-state index contributed by atoms with van der Waals surface area (Å²) >= 11 is 6.02. The molecule has 0 N–H and O–H groups in total. The second-order valence-corrected chi connectivity index (χ2v) is 5.75. The van der Waals surface area contributed by atoms with Gasteiger partial charge in [0.1, 0.15) is 5.82 Å². The quantitative estimate of drug-likeness (QED) is 0.540. The highest BCUT2D eigenvalue weighted by atomic mass is 35.5. The number of nitrogens with zero attached hydrogens (tertiary/aromatic N) is 3. The smallest absolute Gasteiger partial charge is 0.224 e. The molecule has 1 atom stereocenters. The van der Waals surface area contributed by atoms with Crippen LogP contribution in [0.3, 0.4) is 0 Å². The van der Waals surface area contributed by atoms with Gasteiger partial charge in [0.05, 0.1) is 6.04 Å². The minimum atomic E-state index is -0.261. The molecule has 1 aliphatic rings. The Hall–Kier alpha value is -0.910. The van der Waals surface area contributed by atoms with E-state index in [0.717, 1.165) is 30.6 Å². The van der Waals surface area contributed by atoms with Crippen LogP contribution in [0.15, 0.2) is 6.20 Å². The Kier molecular flexibility index (Phi) is 6.41. The first-order chi connectivity index (χ1) is 10.7. The largest absolute Gasteiger partial charge is 0.351 e. The summed E-state index contributed by atoms with van der Waals surface area (Å²) in [6.07, 6.45) is 4.48. The summed E-state index contributed by atoms with van der Waals surface area (Å²) in [7, 11) is 0. The first-order valence-corrected chi connectivity index (χ1v) is 8.56. The zero-order valence-corrected chi connectivity index (χ0v) is 14.6. The molecule has 2 heterocycles. The third-order valence-electron chi connectivity index (χ3n) is 4.16. The van der Waals surface area contributed by atoms with Crippen LogP contribution in [0.4, 0.5) is 5.82 Å². The number of halogens is 1. The Morgan fingerprint density at radius 1 is 1.23 bits per heavy atom. The van der Waals surface area contributed by atoms with Crippen LogP contribution in [0.2, 0.25) is 5.28 Å². The molecule has 1 aromatic heterocycles. The van der Waals surface area contributed by atoms with Crippen molar-refractivity contribution in [2.45, 2.75) is 65.3 Å². The maximum atomic E-state index is 6.02. The fourth-order valence-corrected chi connectivity index (χ4v) is 3.31. The molecule has 0 aromatic carbocycles. The Morgan fingerprint density at radius 2 is 1.86 bits per heavy atom. The molecule has 0 aliphatic carbocycles. The van der Waals surface area contributed by atoms with Gasteiger partial charge in [0.15, 0.2) is 6.29 Å². The molecule has 0 amide bonds. The normalized spacial score (nSPS) is 17.6. The molecular formula is C16H26ClN3O2. The van der Waals surface area contributed by atoms with Crippen LogP contribution in [-0.4, -0.2) is 41.6 Å². The molecule has 0 fully saturated rings. The highest BCUT2D eigenvalue weighted by molar-refractivity contribution is 6.28. The van der Waals surface area contributed by atoms with Gasteiger partial charge in [-0.05, 0) is 38.3 Å². The van der Waals surface area contributed by atoms with Crippen molar-refractivity contribution in [2.24, 2.45) is 0 Å². The minimum Gasteiger partial charge on any atom is -0.351 e. The highest BCUT2D eigenvalue weighted by Gasteiger charge is 2.40. The summed E-state index contributed by atoms with van der Waals surface area (Å²) in [6.45, 7) is 9.63. The molecule has 6 heteroatoms. The summed E-state index contributed by atoms with van der Waals surface area (Å²) in [5, 5.41) is 0.291. The van der Waals surface area contributed by atoms with Crippen molar-refractivity contribution in [3.05, 3.63) is 17.0 Å². The molecule has 1 unspecified atom stereocenters. The van der Waals surface area contributed by atoms with Crippen molar-refractivity contribution in [1.82, 2.24) is 9.97 Å². The van der Waals surface area contributed by atoms with Crippen molar-refractivity contribution >= 4 is 17.4 Å². The number of fused-ring (bicyclic) bond motifs is 1. The van der Waals surface area contributed by atoms with E-state index in [1.54, 1.807) is 0 Å². The van der Waals surface area contributed by atoms with E-state index in [4.69, 9.17) is 21.1 Å². The highest BCUT2D eigenvalue weighted by Crippen LogP contribution is 2.36. The summed E-state index contributed by atoms with van der Waals surface area (Å²) < 4.78 is 11.7. The van der Waals surface area contributed by atoms with Crippen molar-refractivity contribution in [1.29, 1.82) is 0 Å². The topological polar surface area (TPSA) is 47.5 Å². The van der Waals surface area contributed by atoms with Gasteiger partial charge in [-0.2, -0.15) is 0 Å². The molecule has 0 spiro atoms. The molecule has 1 aromatic rings. The molecule has 0 bridgehead atoms. The lowest BCUT2D eigenvalue weighted by molar-refractivity contribution is -0.148. The van der Waals surface area contributed by atoms with Crippen LogP contribution < -0.4 is 4.90 Å². The summed E-state index contributed by atoms with van der Waals surface area (Å²) in [4.78, 5) is 10.9. The van der Waals surface area contributed by atoms with E-state index in [9.17, 15) is 0 Å². The molecule has 2 rings (SSSR count). The molecular weight excluding hydrogens is 302 g/mol. The maximum absolute atomic E-state index is 6.02. The SMILES string of the molecule is CCOC(OCC)C1Cc2cnc(Cl)nc2N1C(CC)CC. The average Bonchev–Trinajstić information content (AvgIpc) is 2.87. The minimum absolute atomic E-state index is 0.118. The molecule has 5 nitrogen and oxygen atoms in total. The Bertz CT molecular complexity index is 476. The van der Waals surface area contributed by atoms with Gasteiger partial charge in [0.2, 0.25) is 5.28 Å². The number of rotatable bonds is 8. The van der Waals surface area contributed by atoms with Gasteiger partial charge < -0.3 is 14.4 Å². The molecule has 1 aliphatic heterocycles. The van der Waals surface area contributed by atoms with Gasteiger partial charge in [-0.25, -0.2) is 9.97 Å². The number of aromatic nitrogens is 2. The van der Waals surface area contributed by atoms with Gasteiger partial charge in [0.25, 0.3) is 0 Å². The lowest BCUT2D eigenvalue weighted by Crippen LogP contribution is -2.49. The summed E-state index contributed by atoms with van der Waals surface area (Å²) in [6, 6.07) is 0.508. The first kappa shape index (κ1) is 17.4. The van der Waals surface area contributed by atoms with E-state index in [2.05, 4.69) is 28.7 Å². The Balaban J connectivity index is 2.36. The third kappa shape index (κ3) is 3.53. The zero-order valence-electron chi connectivity index (χ0n) is 13.9. The second-order valence-electron chi connectivity index (χ2n) is 5.42. The van der Waals surface area contributed by atoms with E-state index >= 15 is 0 Å². The van der Waals surface area contributed by atoms with E-state index in [1.165, 1.54) is 0 Å². The van der Waals surface area contributed by atoms with E-state index in [0.29, 0.717) is 24.5 Å². The standard InChI is InChI=1S/C16H26ClN3O2/c1-5-12(6-2)20-13(15(21-7-3)22-8-4)9-11-10-18-16(17)19-14(11)20/h10,12-13,15H,5-9H2,1-4H3. The fraction of sp³-hybridized carbons (Fsp3) is 0.750. The van der Waals surface area contributed by atoms with Crippen molar-refractivity contribution in [2.75, 3.05) is 18.1 Å². The average molecular weight is 328 g/mol. The van der Waals surface area contributed by atoms with Crippen molar-refractivity contribution in [3.63, 3.8) is 0 Å². The third-order valence-corrected chi connectivity index (χ3v) is 4.34. The van der Waals surface area contributed by atoms with Crippen LogP contribution in [0.25, 0.3) is 0 Å². The lowest BCUT2D eigenvalue weighted by Gasteiger charge is -2.37. The maximum Gasteiger partial charge on any atom is 0.224 e. The zero-order chi connectivity index (χ0) is 16.1. The predicted octanol–water partition coefficient (Wildman–Crippen LogP) is 3.45.